The van der Waals surface area contributed by atoms with E-state index in [0.717, 1.165) is 11.1 Å². The molecule has 2 amide bonds. The Hall–Kier alpha value is -2.11. The van der Waals surface area contributed by atoms with Crippen molar-refractivity contribution in [1.82, 2.24) is 10.6 Å². The highest BCUT2D eigenvalue weighted by Gasteiger charge is 2.16. The van der Waals surface area contributed by atoms with Crippen molar-refractivity contribution in [2.24, 2.45) is 0 Å². The molecule has 1 heterocycles. The molecular formula is C17H16Cl2N2O3. The highest BCUT2D eigenvalue weighted by Crippen LogP contribution is 2.38. The third-order valence-electron chi connectivity index (χ3n) is 3.45. The van der Waals surface area contributed by atoms with E-state index >= 15 is 0 Å². The van der Waals surface area contributed by atoms with Gasteiger partial charge in [-0.2, -0.15) is 0 Å². The summed E-state index contributed by atoms with van der Waals surface area (Å²) in [4.78, 5) is 11.9. The Morgan fingerprint density at radius 2 is 1.75 bits per heavy atom. The summed E-state index contributed by atoms with van der Waals surface area (Å²) in [6.07, 6.45) is 0. The van der Waals surface area contributed by atoms with Gasteiger partial charge in [0.05, 0.1) is 5.02 Å². The smallest absolute Gasteiger partial charge is 0.315 e. The molecule has 1 aliphatic rings. The molecule has 0 saturated carbocycles. The minimum absolute atomic E-state index is 0.277. The summed E-state index contributed by atoms with van der Waals surface area (Å²) in [6, 6.07) is 10.6. The van der Waals surface area contributed by atoms with E-state index in [1.54, 1.807) is 12.1 Å². The molecule has 24 heavy (non-hydrogen) atoms. The predicted octanol–water partition coefficient (Wildman–Crippen LogP) is 3.76. The van der Waals surface area contributed by atoms with Crippen molar-refractivity contribution in [3.05, 3.63) is 57.6 Å². The standard InChI is InChI=1S/C17H16Cl2N2O3/c18-13-3-1-2-11(6-13)9-20-17(22)21-10-12-7-14(19)16-15(8-12)23-4-5-24-16/h1-3,6-8H,4-5,9-10H2,(H2,20,21,22). The van der Waals surface area contributed by atoms with Gasteiger partial charge in [-0.3, -0.25) is 0 Å². The van der Waals surface area contributed by atoms with Crippen molar-refractivity contribution in [1.29, 1.82) is 0 Å². The largest absolute Gasteiger partial charge is 0.486 e. The normalized spacial score (nSPS) is 12.6. The number of ether oxygens (including phenoxy) is 2. The first-order chi connectivity index (χ1) is 11.6. The number of hydrogen-bond acceptors (Lipinski definition) is 3. The van der Waals surface area contributed by atoms with E-state index in [9.17, 15) is 4.79 Å². The molecule has 0 saturated heterocycles. The van der Waals surface area contributed by atoms with E-state index < -0.39 is 0 Å². The van der Waals surface area contributed by atoms with Crippen molar-refractivity contribution >= 4 is 29.2 Å². The number of urea groups is 1. The first kappa shape index (κ1) is 16.7. The van der Waals surface area contributed by atoms with Gasteiger partial charge in [-0.05, 0) is 35.4 Å². The van der Waals surface area contributed by atoms with Crippen LogP contribution in [-0.2, 0) is 13.1 Å². The number of hydrogen-bond donors (Lipinski definition) is 2. The van der Waals surface area contributed by atoms with Gasteiger partial charge >= 0.3 is 6.03 Å². The molecule has 0 aliphatic carbocycles. The van der Waals surface area contributed by atoms with Crippen molar-refractivity contribution < 1.29 is 14.3 Å². The molecule has 2 N–H and O–H groups in total. The number of fused-ring (bicyclic) bond motifs is 1. The van der Waals surface area contributed by atoms with Crippen LogP contribution in [0.25, 0.3) is 0 Å². The molecule has 0 spiro atoms. The SMILES string of the molecule is O=C(NCc1cccc(Cl)c1)NCc1cc(Cl)c2c(c1)OCCO2. The first-order valence-corrected chi connectivity index (χ1v) is 8.21. The van der Waals surface area contributed by atoms with Crippen LogP contribution in [0.5, 0.6) is 11.5 Å². The lowest BCUT2D eigenvalue weighted by Crippen LogP contribution is -2.34. The predicted molar refractivity (Wildman–Crippen MR) is 93.0 cm³/mol. The van der Waals surface area contributed by atoms with Crippen LogP contribution in [0.1, 0.15) is 11.1 Å². The lowest BCUT2D eigenvalue weighted by molar-refractivity contribution is 0.171. The van der Waals surface area contributed by atoms with Crippen molar-refractivity contribution in [2.75, 3.05) is 13.2 Å². The van der Waals surface area contributed by atoms with Crippen molar-refractivity contribution in [2.45, 2.75) is 13.1 Å². The fourth-order valence-corrected chi connectivity index (χ4v) is 2.84. The summed E-state index contributed by atoms with van der Waals surface area (Å²) in [5, 5.41) is 6.67. The molecule has 7 heteroatoms. The van der Waals surface area contributed by atoms with E-state index in [1.165, 1.54) is 0 Å². The van der Waals surface area contributed by atoms with Crippen LogP contribution in [0.2, 0.25) is 10.0 Å². The molecule has 0 aromatic heterocycles. The van der Waals surface area contributed by atoms with E-state index in [-0.39, 0.29) is 6.03 Å². The molecule has 5 nitrogen and oxygen atoms in total. The number of benzene rings is 2. The Morgan fingerprint density at radius 1 is 1.00 bits per heavy atom. The molecule has 0 bridgehead atoms. The van der Waals surface area contributed by atoms with Crippen molar-refractivity contribution in [3.8, 4) is 11.5 Å². The van der Waals surface area contributed by atoms with Crippen LogP contribution in [-0.4, -0.2) is 19.2 Å². The number of amides is 2. The van der Waals surface area contributed by atoms with E-state index in [2.05, 4.69) is 10.6 Å². The molecule has 2 aromatic rings. The molecule has 2 aromatic carbocycles. The third kappa shape index (κ3) is 4.24. The molecular weight excluding hydrogens is 351 g/mol. The summed E-state index contributed by atoms with van der Waals surface area (Å²) in [5.74, 6) is 1.15. The fraction of sp³-hybridized carbons (Fsp3) is 0.235. The summed E-state index contributed by atoms with van der Waals surface area (Å²) in [6.45, 7) is 1.70. The van der Waals surface area contributed by atoms with Crippen LogP contribution in [0.4, 0.5) is 4.79 Å². The highest BCUT2D eigenvalue weighted by molar-refractivity contribution is 6.32. The van der Waals surface area contributed by atoms with Gasteiger partial charge in [-0.15, -0.1) is 0 Å². The minimum atomic E-state index is -0.277. The Balaban J connectivity index is 1.53. The zero-order chi connectivity index (χ0) is 16.9. The summed E-state index contributed by atoms with van der Waals surface area (Å²) in [5.41, 5.74) is 1.77. The monoisotopic (exact) mass is 366 g/mol. The van der Waals surface area contributed by atoms with E-state index in [0.29, 0.717) is 47.8 Å². The Kier molecular flexibility index (Phi) is 5.33. The van der Waals surface area contributed by atoms with E-state index in [1.807, 2.05) is 24.3 Å². The van der Waals surface area contributed by atoms with Crippen LogP contribution in [0.15, 0.2) is 36.4 Å². The number of nitrogens with one attached hydrogen (secondary N) is 2. The van der Waals surface area contributed by atoms with Crippen LogP contribution >= 0.6 is 23.2 Å². The molecule has 0 atom stereocenters. The average molecular weight is 367 g/mol. The van der Waals surface area contributed by atoms with Gasteiger partial charge in [0.15, 0.2) is 11.5 Å². The molecule has 1 aliphatic heterocycles. The Bertz CT molecular complexity index is 753. The first-order valence-electron chi connectivity index (χ1n) is 7.46. The minimum Gasteiger partial charge on any atom is -0.486 e. The second-order valence-corrected chi connectivity index (χ2v) is 6.11. The lowest BCUT2D eigenvalue weighted by atomic mass is 10.2. The van der Waals surface area contributed by atoms with Gasteiger partial charge in [0, 0.05) is 18.1 Å². The van der Waals surface area contributed by atoms with Gasteiger partial charge in [0.25, 0.3) is 0 Å². The summed E-state index contributed by atoms with van der Waals surface area (Å²) < 4.78 is 11.0. The van der Waals surface area contributed by atoms with Gasteiger partial charge in [0.2, 0.25) is 0 Å². The number of rotatable bonds is 4. The van der Waals surface area contributed by atoms with Crippen LogP contribution in [0, 0.1) is 0 Å². The maximum Gasteiger partial charge on any atom is 0.315 e. The molecule has 126 valence electrons. The van der Waals surface area contributed by atoms with Gasteiger partial charge in [-0.25, -0.2) is 4.79 Å². The average Bonchev–Trinajstić information content (AvgIpc) is 2.58. The fourth-order valence-electron chi connectivity index (χ4n) is 2.34. The molecule has 0 unspecified atom stereocenters. The van der Waals surface area contributed by atoms with Crippen molar-refractivity contribution in [3.63, 3.8) is 0 Å². The third-order valence-corrected chi connectivity index (χ3v) is 3.97. The molecule has 3 rings (SSSR count). The quantitative estimate of drug-likeness (QED) is 0.865. The van der Waals surface area contributed by atoms with Gasteiger partial charge in [-0.1, -0.05) is 35.3 Å². The topological polar surface area (TPSA) is 59.6 Å². The Labute approximate surface area is 149 Å². The summed E-state index contributed by atoms with van der Waals surface area (Å²) >= 11 is 12.1. The van der Waals surface area contributed by atoms with Gasteiger partial charge < -0.3 is 20.1 Å². The second-order valence-electron chi connectivity index (χ2n) is 5.27. The Morgan fingerprint density at radius 3 is 2.54 bits per heavy atom. The highest BCUT2D eigenvalue weighted by atomic mass is 35.5. The zero-order valence-corrected chi connectivity index (χ0v) is 14.3. The van der Waals surface area contributed by atoms with Gasteiger partial charge in [0.1, 0.15) is 13.2 Å². The van der Waals surface area contributed by atoms with Crippen LogP contribution < -0.4 is 20.1 Å². The van der Waals surface area contributed by atoms with E-state index in [4.69, 9.17) is 32.7 Å². The summed E-state index contributed by atoms with van der Waals surface area (Å²) in [7, 11) is 0. The molecule has 0 fully saturated rings. The number of carbonyl (C=O) groups is 1. The maximum absolute atomic E-state index is 11.9. The number of halogens is 2. The van der Waals surface area contributed by atoms with Crippen LogP contribution in [0.3, 0.4) is 0 Å². The lowest BCUT2D eigenvalue weighted by Gasteiger charge is -2.20. The molecule has 0 radical (unpaired) electrons. The number of carbonyl (C=O) groups excluding carboxylic acids is 1. The zero-order valence-electron chi connectivity index (χ0n) is 12.8. The second kappa shape index (κ2) is 7.64. The maximum atomic E-state index is 11.9.